The SMILES string of the molecule is [2H]C(F)(F)c1cc2cnc(NC3CCN(S(=O)(=O)C([2H])([2H])[2H])CC3)nc2n([C@H]2C[C@H](O)CC[C@@H]2F)c1=O. The van der Waals surface area contributed by atoms with Crippen molar-refractivity contribution in [2.45, 2.75) is 62.9 Å². The lowest BCUT2D eigenvalue weighted by Crippen LogP contribution is -2.42. The maximum absolute atomic E-state index is 14.9. The molecule has 2 aromatic heterocycles. The number of hydrogen-bond donors (Lipinski definition) is 2. The number of rotatable bonds is 5. The standard InChI is InChI=1S/C20H26F3N5O4S/c1-33(31,32)27-6-4-12(5-7-27)25-20-24-10-11-8-14(17(22)23)19(30)28(18(11)26-20)16-9-13(29)2-3-15(16)21/h8,10,12-13,15-17,29H,2-7,9H2,1H3,(H,24,25,26)/t13-,15+,16+/m1/s1/i1D3,17D. The molecule has 3 atom stereocenters. The van der Waals surface area contributed by atoms with Crippen LogP contribution in [0.5, 0.6) is 0 Å². The first kappa shape index (κ1) is 19.1. The molecule has 1 aliphatic carbocycles. The van der Waals surface area contributed by atoms with Gasteiger partial charge >= 0.3 is 0 Å². The topological polar surface area (TPSA) is 117 Å². The van der Waals surface area contributed by atoms with Gasteiger partial charge in [-0.2, -0.15) is 4.98 Å². The summed E-state index contributed by atoms with van der Waals surface area (Å²) in [5.41, 5.74) is -2.61. The van der Waals surface area contributed by atoms with Crippen LogP contribution in [0.4, 0.5) is 19.1 Å². The Morgan fingerprint density at radius 1 is 1.30 bits per heavy atom. The second kappa shape index (κ2) is 9.18. The molecule has 0 unspecified atom stereocenters. The van der Waals surface area contributed by atoms with Gasteiger partial charge in [-0.1, -0.05) is 0 Å². The first-order chi connectivity index (χ1) is 17.1. The average Bonchev–Trinajstić information content (AvgIpc) is 2.79. The number of nitrogens with zero attached hydrogens (tertiary/aromatic N) is 4. The number of fused-ring (bicyclic) bond motifs is 1. The van der Waals surface area contributed by atoms with Gasteiger partial charge in [0.15, 0.2) is 0 Å². The van der Waals surface area contributed by atoms with Gasteiger partial charge in [-0.3, -0.25) is 9.36 Å². The summed E-state index contributed by atoms with van der Waals surface area (Å²) >= 11 is 0. The van der Waals surface area contributed by atoms with E-state index in [0.717, 1.165) is 21.1 Å². The average molecular weight is 494 g/mol. The molecule has 0 spiro atoms. The van der Waals surface area contributed by atoms with Crippen LogP contribution in [0.2, 0.25) is 0 Å². The second-order valence-corrected chi connectivity index (χ2v) is 9.81. The molecule has 0 amide bonds. The highest BCUT2D eigenvalue weighted by molar-refractivity contribution is 7.88. The van der Waals surface area contributed by atoms with Gasteiger partial charge in [0.05, 0.1) is 23.9 Å². The number of anilines is 1. The minimum Gasteiger partial charge on any atom is -0.393 e. The maximum Gasteiger partial charge on any atom is 0.269 e. The fourth-order valence-corrected chi connectivity index (χ4v) is 5.10. The molecule has 2 aromatic rings. The van der Waals surface area contributed by atoms with Crippen molar-refractivity contribution in [1.29, 1.82) is 0 Å². The van der Waals surface area contributed by atoms with Gasteiger partial charge in [-0.05, 0) is 38.2 Å². The van der Waals surface area contributed by atoms with Gasteiger partial charge in [0, 0.05) is 34.8 Å². The van der Waals surface area contributed by atoms with Crippen LogP contribution in [-0.2, 0) is 10.0 Å². The summed E-state index contributed by atoms with van der Waals surface area (Å²) < 4.78 is 97.4. The van der Waals surface area contributed by atoms with Crippen molar-refractivity contribution in [3.63, 3.8) is 0 Å². The molecule has 2 fully saturated rings. The summed E-state index contributed by atoms with van der Waals surface area (Å²) in [4.78, 5) is 21.4. The Balaban J connectivity index is 1.66. The molecule has 0 aromatic carbocycles. The smallest absolute Gasteiger partial charge is 0.269 e. The Bertz CT molecular complexity index is 1330. The second-order valence-electron chi connectivity index (χ2n) is 8.34. The summed E-state index contributed by atoms with van der Waals surface area (Å²) in [5, 5.41) is 13.0. The molecule has 1 saturated heterocycles. The van der Waals surface area contributed by atoms with E-state index in [1.54, 1.807) is 0 Å². The van der Waals surface area contributed by atoms with E-state index >= 15 is 0 Å². The third-order valence-electron chi connectivity index (χ3n) is 6.14. The first-order valence-corrected chi connectivity index (χ1v) is 11.9. The lowest BCUT2D eigenvalue weighted by Gasteiger charge is -2.32. The van der Waals surface area contributed by atoms with Crippen molar-refractivity contribution in [2.24, 2.45) is 0 Å². The zero-order chi connectivity index (χ0) is 27.3. The van der Waals surface area contributed by atoms with Gasteiger partial charge in [0.25, 0.3) is 12.0 Å². The number of aromatic nitrogens is 3. The highest BCUT2D eigenvalue weighted by Crippen LogP contribution is 2.33. The molecule has 4 rings (SSSR count). The molecule has 0 bridgehead atoms. The van der Waals surface area contributed by atoms with Crippen LogP contribution >= 0.6 is 0 Å². The number of piperidine rings is 1. The molecule has 9 nitrogen and oxygen atoms in total. The molecule has 182 valence electrons. The van der Waals surface area contributed by atoms with Gasteiger partial charge in [-0.15, -0.1) is 0 Å². The Labute approximate surface area is 194 Å². The molecule has 1 saturated carbocycles. The predicted molar refractivity (Wildman–Crippen MR) is 116 cm³/mol. The number of hydrogen-bond acceptors (Lipinski definition) is 7. The third-order valence-corrected chi connectivity index (χ3v) is 7.19. The largest absolute Gasteiger partial charge is 0.393 e. The number of alkyl halides is 3. The van der Waals surface area contributed by atoms with Crippen molar-refractivity contribution in [1.82, 2.24) is 18.8 Å². The van der Waals surface area contributed by atoms with Gasteiger partial charge in [0.1, 0.15) is 13.2 Å². The van der Waals surface area contributed by atoms with Crippen molar-refractivity contribution < 1.29 is 32.2 Å². The van der Waals surface area contributed by atoms with E-state index in [2.05, 4.69) is 15.3 Å². The zero-order valence-electron chi connectivity index (χ0n) is 21.4. The van der Waals surface area contributed by atoms with Crippen LogP contribution in [0, 0.1) is 0 Å². The quantitative estimate of drug-likeness (QED) is 0.654. The van der Waals surface area contributed by atoms with E-state index in [4.69, 9.17) is 5.48 Å². The lowest BCUT2D eigenvalue weighted by molar-refractivity contribution is 0.0549. The maximum atomic E-state index is 14.9. The van der Waals surface area contributed by atoms with Crippen molar-refractivity contribution in [2.75, 3.05) is 24.6 Å². The fourth-order valence-electron chi connectivity index (χ4n) is 4.41. The lowest BCUT2D eigenvalue weighted by atomic mass is 9.90. The van der Waals surface area contributed by atoms with E-state index in [0.29, 0.717) is 0 Å². The van der Waals surface area contributed by atoms with E-state index in [1.165, 1.54) is 0 Å². The van der Waals surface area contributed by atoms with Crippen LogP contribution in [0.25, 0.3) is 11.0 Å². The van der Waals surface area contributed by atoms with Crippen LogP contribution in [-0.4, -0.2) is 70.0 Å². The number of nitrogens with one attached hydrogen (secondary N) is 1. The summed E-state index contributed by atoms with van der Waals surface area (Å²) in [6.45, 7) is -0.135. The van der Waals surface area contributed by atoms with Gasteiger partial charge in [-0.25, -0.2) is 30.9 Å². The molecule has 2 aliphatic rings. The van der Waals surface area contributed by atoms with E-state index < -0.39 is 52.0 Å². The monoisotopic (exact) mass is 493 g/mol. The van der Waals surface area contributed by atoms with Crippen molar-refractivity contribution in [3.05, 3.63) is 28.2 Å². The number of aliphatic hydroxyl groups is 1. The molecule has 13 heteroatoms. The predicted octanol–water partition coefficient (Wildman–Crippen LogP) is 1.99. The Morgan fingerprint density at radius 2 is 2.03 bits per heavy atom. The van der Waals surface area contributed by atoms with Gasteiger partial charge in [0.2, 0.25) is 16.0 Å². The van der Waals surface area contributed by atoms with Crippen LogP contribution in [0.1, 0.15) is 55.6 Å². The molecule has 2 N–H and O–H groups in total. The summed E-state index contributed by atoms with van der Waals surface area (Å²) in [6, 6.07) is -0.865. The van der Waals surface area contributed by atoms with Crippen molar-refractivity contribution in [3.8, 4) is 0 Å². The highest BCUT2D eigenvalue weighted by atomic mass is 32.2. The number of halogens is 3. The summed E-state index contributed by atoms with van der Waals surface area (Å²) in [6.07, 6.45) is -8.55. The fraction of sp³-hybridized carbons (Fsp3) is 0.650. The van der Waals surface area contributed by atoms with E-state index in [-0.39, 0.29) is 68.2 Å². The minimum atomic E-state index is -4.47. The highest BCUT2D eigenvalue weighted by Gasteiger charge is 2.34. The Morgan fingerprint density at radius 3 is 2.70 bits per heavy atom. The minimum absolute atomic E-state index is 0.0297. The third kappa shape index (κ3) is 4.99. The van der Waals surface area contributed by atoms with Crippen molar-refractivity contribution >= 4 is 27.0 Å². The van der Waals surface area contributed by atoms with Crippen LogP contribution in [0.15, 0.2) is 17.1 Å². The Hall–Kier alpha value is -2.25. The number of aliphatic hydroxyl groups excluding tert-OH is 1. The number of sulfonamides is 1. The molecule has 1 aliphatic heterocycles. The molecular weight excluding hydrogens is 463 g/mol. The molecule has 3 heterocycles. The Kier molecular flexibility index (Phi) is 5.31. The number of pyridine rings is 1. The van der Waals surface area contributed by atoms with E-state index in [9.17, 15) is 31.5 Å². The normalized spacial score (nSPS) is 28.1. The zero-order valence-corrected chi connectivity index (χ0v) is 18.2. The van der Waals surface area contributed by atoms with Crippen LogP contribution in [0.3, 0.4) is 0 Å². The summed E-state index contributed by atoms with van der Waals surface area (Å²) in [7, 11) is -4.47. The van der Waals surface area contributed by atoms with E-state index in [1.807, 2.05) is 0 Å². The molecule has 0 radical (unpaired) electrons. The first-order valence-electron chi connectivity index (χ1n) is 12.5. The van der Waals surface area contributed by atoms with Gasteiger partial charge < -0.3 is 10.4 Å². The molecule has 33 heavy (non-hydrogen) atoms. The van der Waals surface area contributed by atoms with Crippen LogP contribution < -0.4 is 10.9 Å². The molecular formula is C20H26F3N5O4S. The summed E-state index contributed by atoms with van der Waals surface area (Å²) in [5.74, 6) is -0.0325.